The van der Waals surface area contributed by atoms with E-state index >= 15 is 0 Å². The van der Waals surface area contributed by atoms with Crippen molar-refractivity contribution >= 4 is 15.7 Å². The third kappa shape index (κ3) is 5.51. The predicted molar refractivity (Wildman–Crippen MR) is 153 cm³/mol. The minimum atomic E-state index is -3.86. The summed E-state index contributed by atoms with van der Waals surface area (Å²) in [6.07, 6.45) is 5.08. The maximum Gasteiger partial charge on any atom is 0.264 e. The van der Waals surface area contributed by atoms with E-state index in [9.17, 15) is 13.5 Å². The second kappa shape index (κ2) is 11.6. The fourth-order valence-corrected chi connectivity index (χ4v) is 7.97. The van der Waals surface area contributed by atoms with Crippen molar-refractivity contribution in [2.24, 2.45) is 0 Å². The molecule has 0 radical (unpaired) electrons. The van der Waals surface area contributed by atoms with Gasteiger partial charge in [0.2, 0.25) is 0 Å². The van der Waals surface area contributed by atoms with Crippen LogP contribution in [0, 0.1) is 0 Å². The number of methoxy groups -OCH3 is 2. The van der Waals surface area contributed by atoms with E-state index in [2.05, 4.69) is 4.90 Å². The van der Waals surface area contributed by atoms with Crippen molar-refractivity contribution in [2.75, 3.05) is 31.6 Å². The Hall–Kier alpha value is -3.07. The third-order valence-corrected chi connectivity index (χ3v) is 10.2. The van der Waals surface area contributed by atoms with Gasteiger partial charge in [0, 0.05) is 31.2 Å². The van der Waals surface area contributed by atoms with Gasteiger partial charge < -0.3 is 14.6 Å². The summed E-state index contributed by atoms with van der Waals surface area (Å²) in [5.41, 5.74) is 0.660. The molecule has 3 aromatic rings. The van der Waals surface area contributed by atoms with Crippen LogP contribution in [0.4, 0.5) is 5.69 Å². The van der Waals surface area contributed by atoms with Gasteiger partial charge in [0.05, 0.1) is 24.8 Å². The van der Waals surface area contributed by atoms with E-state index in [4.69, 9.17) is 9.47 Å². The van der Waals surface area contributed by atoms with Crippen LogP contribution in [-0.2, 0) is 15.6 Å². The van der Waals surface area contributed by atoms with Crippen LogP contribution in [0.2, 0.25) is 0 Å². The van der Waals surface area contributed by atoms with Gasteiger partial charge in [-0.3, -0.25) is 9.21 Å². The van der Waals surface area contributed by atoms with E-state index in [0.717, 1.165) is 31.2 Å². The Morgan fingerprint density at radius 1 is 0.846 bits per heavy atom. The van der Waals surface area contributed by atoms with Gasteiger partial charge in [0.25, 0.3) is 10.0 Å². The average Bonchev–Trinajstić information content (AvgIpc) is 2.98. The molecule has 39 heavy (non-hydrogen) atoms. The van der Waals surface area contributed by atoms with Crippen molar-refractivity contribution in [3.63, 3.8) is 0 Å². The lowest BCUT2D eigenvalue weighted by Gasteiger charge is -2.49. The molecule has 3 aromatic carbocycles. The van der Waals surface area contributed by atoms with E-state index in [0.29, 0.717) is 43.1 Å². The van der Waals surface area contributed by atoms with Crippen molar-refractivity contribution in [1.82, 2.24) is 4.90 Å². The molecule has 8 heteroatoms. The van der Waals surface area contributed by atoms with E-state index in [1.54, 1.807) is 48.9 Å². The summed E-state index contributed by atoms with van der Waals surface area (Å²) in [6, 6.07) is 23.6. The standard InChI is InChI=1S/C31H38N2O5S/c1-37-27-14-16-29(17-15-27)39(35,36)33(26-11-8-12-28(23-26)38-2)25-18-21-32(22-19-25)30-13-6-7-20-31(30,34)24-9-4-3-5-10-24/h3-5,8-12,14-17,23,25,30,34H,6-7,13,18-22H2,1-2H3/t30-,31+/m1/s1. The van der Waals surface area contributed by atoms with Crippen LogP contribution in [-0.4, -0.2) is 57.8 Å². The van der Waals surface area contributed by atoms with Crippen molar-refractivity contribution in [1.29, 1.82) is 0 Å². The second-order valence-electron chi connectivity index (χ2n) is 10.5. The van der Waals surface area contributed by atoms with E-state index in [1.807, 2.05) is 48.5 Å². The zero-order valence-electron chi connectivity index (χ0n) is 22.7. The molecule has 1 aliphatic carbocycles. The molecule has 2 aliphatic rings. The first kappa shape index (κ1) is 27.5. The molecule has 0 amide bonds. The van der Waals surface area contributed by atoms with Gasteiger partial charge in [-0.15, -0.1) is 0 Å². The highest BCUT2D eigenvalue weighted by Crippen LogP contribution is 2.42. The Bertz CT molecular complexity index is 1340. The summed E-state index contributed by atoms with van der Waals surface area (Å²) in [4.78, 5) is 2.60. The van der Waals surface area contributed by atoms with Crippen molar-refractivity contribution < 1.29 is 23.0 Å². The number of rotatable bonds is 8. The first-order valence-electron chi connectivity index (χ1n) is 13.7. The van der Waals surface area contributed by atoms with Gasteiger partial charge in [0.1, 0.15) is 17.1 Å². The van der Waals surface area contributed by atoms with E-state index in [-0.39, 0.29) is 17.0 Å². The first-order chi connectivity index (χ1) is 18.9. The number of nitrogens with zero attached hydrogens (tertiary/aromatic N) is 2. The Balaban J connectivity index is 1.42. The van der Waals surface area contributed by atoms with E-state index in [1.165, 1.54) is 0 Å². The van der Waals surface area contributed by atoms with Crippen LogP contribution < -0.4 is 13.8 Å². The Kier molecular flexibility index (Phi) is 8.16. The molecule has 0 bridgehead atoms. The van der Waals surface area contributed by atoms with Crippen LogP contribution in [0.15, 0.2) is 83.8 Å². The summed E-state index contributed by atoms with van der Waals surface area (Å²) < 4.78 is 40.4. The largest absolute Gasteiger partial charge is 0.497 e. The van der Waals surface area contributed by atoms with Crippen LogP contribution in [0.25, 0.3) is 0 Å². The molecule has 208 valence electrons. The summed E-state index contributed by atoms with van der Waals surface area (Å²) in [6.45, 7) is 1.42. The number of hydrogen-bond acceptors (Lipinski definition) is 6. The molecule has 1 heterocycles. The fourth-order valence-electron chi connectivity index (χ4n) is 6.27. The monoisotopic (exact) mass is 550 g/mol. The molecule has 1 aliphatic heterocycles. The molecule has 2 fully saturated rings. The van der Waals surface area contributed by atoms with Gasteiger partial charge in [0.15, 0.2) is 0 Å². The summed E-state index contributed by atoms with van der Waals surface area (Å²) in [7, 11) is -0.716. The minimum Gasteiger partial charge on any atom is -0.497 e. The highest BCUT2D eigenvalue weighted by molar-refractivity contribution is 7.92. The molecule has 7 nitrogen and oxygen atoms in total. The van der Waals surface area contributed by atoms with Crippen LogP contribution >= 0.6 is 0 Å². The third-order valence-electron chi connectivity index (χ3n) is 8.31. The smallest absolute Gasteiger partial charge is 0.264 e. The predicted octanol–water partition coefficient (Wildman–Crippen LogP) is 5.19. The molecule has 1 saturated carbocycles. The number of sulfonamides is 1. The molecule has 1 saturated heterocycles. The molecular weight excluding hydrogens is 512 g/mol. The number of piperidine rings is 1. The Morgan fingerprint density at radius 3 is 2.21 bits per heavy atom. The highest BCUT2D eigenvalue weighted by Gasteiger charge is 2.45. The maximum atomic E-state index is 14.1. The van der Waals surface area contributed by atoms with Crippen molar-refractivity contribution in [3.05, 3.63) is 84.4 Å². The molecule has 0 spiro atoms. The zero-order chi connectivity index (χ0) is 27.5. The highest BCUT2D eigenvalue weighted by atomic mass is 32.2. The van der Waals surface area contributed by atoms with Gasteiger partial charge >= 0.3 is 0 Å². The number of aliphatic hydroxyl groups is 1. The van der Waals surface area contributed by atoms with Crippen molar-refractivity contribution in [2.45, 2.75) is 61.1 Å². The topological polar surface area (TPSA) is 79.3 Å². The van der Waals surface area contributed by atoms with Gasteiger partial charge in [-0.05, 0) is 67.6 Å². The lowest BCUT2D eigenvalue weighted by atomic mass is 9.74. The lowest BCUT2D eigenvalue weighted by molar-refractivity contribution is -0.0849. The lowest BCUT2D eigenvalue weighted by Crippen LogP contribution is -2.57. The Labute approximate surface area is 232 Å². The molecular formula is C31H38N2O5S. The molecule has 5 rings (SSSR count). The summed E-state index contributed by atoms with van der Waals surface area (Å²) in [5.74, 6) is 1.21. The maximum absolute atomic E-state index is 14.1. The van der Waals surface area contributed by atoms with Gasteiger partial charge in [-0.2, -0.15) is 0 Å². The molecule has 0 unspecified atom stereocenters. The summed E-state index contributed by atoms with van der Waals surface area (Å²) >= 11 is 0. The Morgan fingerprint density at radius 2 is 1.54 bits per heavy atom. The summed E-state index contributed by atoms with van der Waals surface area (Å²) in [5, 5.41) is 11.9. The van der Waals surface area contributed by atoms with E-state index < -0.39 is 15.6 Å². The minimum absolute atomic E-state index is 0.0121. The quantitative estimate of drug-likeness (QED) is 0.416. The first-order valence-corrected chi connectivity index (χ1v) is 15.2. The number of hydrogen-bond donors (Lipinski definition) is 1. The van der Waals surface area contributed by atoms with Crippen LogP contribution in [0.3, 0.4) is 0 Å². The second-order valence-corrected chi connectivity index (χ2v) is 12.3. The zero-order valence-corrected chi connectivity index (χ0v) is 23.5. The number of ether oxygens (including phenoxy) is 2. The normalized spacial score (nSPS) is 22.8. The number of likely N-dealkylation sites (tertiary alicyclic amines) is 1. The van der Waals surface area contributed by atoms with Crippen LogP contribution in [0.1, 0.15) is 44.1 Å². The van der Waals surface area contributed by atoms with Gasteiger partial charge in [-0.25, -0.2) is 8.42 Å². The van der Waals surface area contributed by atoms with Crippen molar-refractivity contribution in [3.8, 4) is 11.5 Å². The molecule has 1 N–H and O–H groups in total. The SMILES string of the molecule is COc1ccc(S(=O)(=O)N(c2cccc(OC)c2)C2CCN([C@@H]3CCCC[C@]3(O)c3ccccc3)CC2)cc1. The average molecular weight is 551 g/mol. The molecule has 0 aromatic heterocycles. The number of benzene rings is 3. The van der Waals surface area contributed by atoms with Crippen LogP contribution in [0.5, 0.6) is 11.5 Å². The molecule has 2 atom stereocenters. The fraction of sp³-hybridized carbons (Fsp3) is 0.419. The van der Waals surface area contributed by atoms with Gasteiger partial charge in [-0.1, -0.05) is 49.2 Å². The number of anilines is 1.